The van der Waals surface area contributed by atoms with E-state index in [1.807, 2.05) is 194 Å². The van der Waals surface area contributed by atoms with Crippen molar-refractivity contribution < 1.29 is 28.2 Å². The van der Waals surface area contributed by atoms with E-state index in [-0.39, 0.29) is 72.7 Å². The van der Waals surface area contributed by atoms with Crippen LogP contribution in [0.25, 0.3) is 0 Å². The molecule has 0 spiro atoms. The second kappa shape index (κ2) is 29.6. The van der Waals surface area contributed by atoms with Crippen LogP contribution in [0.5, 0.6) is 0 Å². The first kappa shape index (κ1) is 64.9. The lowest BCUT2D eigenvalue weighted by Gasteiger charge is -2.39. The summed E-state index contributed by atoms with van der Waals surface area (Å²) in [6.45, 7) is 25.3. The first-order chi connectivity index (χ1) is 42.4. The van der Waals surface area contributed by atoms with E-state index in [2.05, 4.69) is 146 Å². The van der Waals surface area contributed by atoms with E-state index in [0.29, 0.717) is 0 Å². The van der Waals surface area contributed by atoms with Gasteiger partial charge in [0.25, 0.3) is 15.2 Å². The van der Waals surface area contributed by atoms with Gasteiger partial charge >= 0.3 is 11.9 Å². The fourth-order valence-electron chi connectivity index (χ4n) is 12.4. The molecule has 8 aromatic carbocycles. The second-order valence-electron chi connectivity index (χ2n) is 23.5. The maximum Gasteiger partial charge on any atom is 0.335 e. The lowest BCUT2D eigenvalue weighted by atomic mass is 9.92. The van der Waals surface area contributed by atoms with Gasteiger partial charge in [0.05, 0.1) is 47.4 Å². The third kappa shape index (κ3) is 14.4. The normalized spacial score (nSPS) is 19.2. The zero-order valence-corrected chi connectivity index (χ0v) is 53.6. The highest BCUT2D eigenvalue weighted by Gasteiger charge is 2.60. The van der Waals surface area contributed by atoms with E-state index in [1.54, 1.807) is 0 Å². The van der Waals surface area contributed by atoms with Crippen LogP contribution in [0.2, 0.25) is 0 Å². The van der Waals surface area contributed by atoms with Crippen molar-refractivity contribution in [2.24, 2.45) is 0 Å². The lowest BCUT2D eigenvalue weighted by Crippen LogP contribution is -2.39. The summed E-state index contributed by atoms with van der Waals surface area (Å²) in [5, 5.41) is 7.11. The van der Waals surface area contributed by atoms with E-state index in [1.165, 1.54) is 0 Å². The molecule has 8 aromatic rings. The van der Waals surface area contributed by atoms with E-state index in [9.17, 15) is 9.59 Å². The number of carbonyl (C=O) groups is 2. The Kier molecular flexibility index (Phi) is 21.8. The number of benzene rings is 8. The van der Waals surface area contributed by atoms with Crippen molar-refractivity contribution in [1.29, 1.82) is 0 Å². The van der Waals surface area contributed by atoms with E-state index in [4.69, 9.17) is 9.47 Å². The Morgan fingerprint density at radius 2 is 0.568 bits per heavy atom. The predicted molar refractivity (Wildman–Crippen MR) is 355 cm³/mol. The minimum absolute atomic E-state index is 0.0942. The van der Waals surface area contributed by atoms with Crippen LogP contribution in [0.15, 0.2) is 267 Å². The SMILES string of the molecule is C=C(C(=O)OCc1ccccc1)[C@@H](NP1(=O)N(C(C)C)[C@H](c2ccccc2)[C@@H](c2ccccc2)N1C(C)C)c1ccccc1.C=C(C(=O)OCc1ccccc1)[C@@H](NP1(=O)N(C(C)C)[C@H](c2ccccc2)[C@@H](c2ccccc2)N1C(C)C)c1ccccc1. The number of ether oxygens (including phenoxy) is 2. The number of rotatable bonds is 22. The zero-order chi connectivity index (χ0) is 62.5. The smallest absolute Gasteiger partial charge is 0.335 e. The largest absolute Gasteiger partial charge is 0.457 e. The molecule has 456 valence electrons. The van der Waals surface area contributed by atoms with Crippen LogP contribution in [0, 0.1) is 0 Å². The van der Waals surface area contributed by atoms with Gasteiger partial charge < -0.3 is 9.47 Å². The molecule has 0 aromatic heterocycles. The lowest BCUT2D eigenvalue weighted by molar-refractivity contribution is -0.141. The summed E-state index contributed by atoms with van der Waals surface area (Å²) < 4.78 is 51.9. The third-order valence-corrected chi connectivity index (χ3v) is 22.7. The van der Waals surface area contributed by atoms with Gasteiger partial charge in [-0.3, -0.25) is 9.13 Å². The predicted octanol–water partition coefficient (Wildman–Crippen LogP) is 17.3. The van der Waals surface area contributed by atoms with Crippen molar-refractivity contribution in [3.8, 4) is 0 Å². The summed E-state index contributed by atoms with van der Waals surface area (Å²) in [6.07, 6.45) is 0. The van der Waals surface area contributed by atoms with Crippen molar-refractivity contribution in [1.82, 2.24) is 28.9 Å². The minimum atomic E-state index is -3.59. The molecule has 0 radical (unpaired) electrons. The fourth-order valence-corrected chi connectivity index (χ4v) is 19.6. The average Bonchev–Trinajstić information content (AvgIpc) is 1.60. The van der Waals surface area contributed by atoms with Crippen LogP contribution in [-0.2, 0) is 41.4 Å². The average molecular weight is 1220 g/mol. The van der Waals surface area contributed by atoms with Gasteiger partial charge in [0.1, 0.15) is 13.2 Å². The van der Waals surface area contributed by atoms with Crippen LogP contribution in [0.4, 0.5) is 0 Å². The molecule has 0 unspecified atom stereocenters. The summed E-state index contributed by atoms with van der Waals surface area (Å²) in [6, 6.07) is 76.7. The maximum absolute atomic E-state index is 16.0. The highest BCUT2D eigenvalue weighted by molar-refractivity contribution is 7.57. The molecule has 14 heteroatoms. The van der Waals surface area contributed by atoms with Crippen LogP contribution in [-0.4, -0.2) is 54.8 Å². The van der Waals surface area contributed by atoms with Gasteiger partial charge in [0, 0.05) is 24.2 Å². The molecule has 2 heterocycles. The summed E-state index contributed by atoms with van der Waals surface area (Å²) in [7, 11) is -7.18. The number of hydrogen-bond donors (Lipinski definition) is 2. The number of nitrogens with one attached hydrogen (secondary N) is 2. The fraction of sp³-hybridized carbons (Fsp3) is 0.270. The Balaban J connectivity index is 0.000000209. The topological polar surface area (TPSA) is 124 Å². The number of hydrogen-bond acceptors (Lipinski definition) is 6. The third-order valence-electron chi connectivity index (χ3n) is 16.2. The molecule has 0 aliphatic carbocycles. The minimum Gasteiger partial charge on any atom is -0.457 e. The quantitative estimate of drug-likeness (QED) is 0.0381. The second-order valence-corrected chi connectivity index (χ2v) is 28.1. The molecule has 0 saturated carbocycles. The Morgan fingerprint density at radius 3 is 0.784 bits per heavy atom. The molecular weight excluding hydrogens is 1130 g/mol. The molecule has 12 nitrogen and oxygen atoms in total. The molecule has 0 bridgehead atoms. The van der Waals surface area contributed by atoms with E-state index >= 15 is 9.13 Å². The van der Waals surface area contributed by atoms with E-state index in [0.717, 1.165) is 44.5 Å². The summed E-state index contributed by atoms with van der Waals surface area (Å²) in [5.74, 6) is -1.07. The molecule has 0 amide bonds. The van der Waals surface area contributed by atoms with Crippen molar-refractivity contribution in [3.63, 3.8) is 0 Å². The Hall–Kier alpha value is -7.60. The first-order valence-corrected chi connectivity index (χ1v) is 33.7. The number of esters is 2. The van der Waals surface area contributed by atoms with Crippen molar-refractivity contribution in [2.75, 3.05) is 0 Å². The van der Waals surface area contributed by atoms with Crippen LogP contribution >= 0.6 is 15.2 Å². The molecule has 2 aliphatic rings. The Bertz CT molecular complexity index is 3280. The van der Waals surface area contributed by atoms with Gasteiger partial charge in [0.15, 0.2) is 0 Å². The Morgan fingerprint density at radius 1 is 0.364 bits per heavy atom. The van der Waals surface area contributed by atoms with Gasteiger partial charge in [-0.25, -0.2) is 38.4 Å². The highest BCUT2D eigenvalue weighted by atomic mass is 31.2. The van der Waals surface area contributed by atoms with Crippen molar-refractivity contribution in [3.05, 3.63) is 311 Å². The van der Waals surface area contributed by atoms with Crippen LogP contribution < -0.4 is 10.2 Å². The summed E-state index contributed by atoms with van der Waals surface area (Å²) >= 11 is 0. The molecule has 6 atom stereocenters. The number of nitrogens with zero attached hydrogens (tertiary/aromatic N) is 4. The van der Waals surface area contributed by atoms with Crippen LogP contribution in [0.3, 0.4) is 0 Å². The van der Waals surface area contributed by atoms with Crippen molar-refractivity contribution in [2.45, 2.75) is 129 Å². The molecule has 2 fully saturated rings. The molecule has 2 saturated heterocycles. The van der Waals surface area contributed by atoms with Gasteiger partial charge in [0.2, 0.25) is 0 Å². The monoisotopic (exact) mass is 1210 g/mol. The first-order valence-electron chi connectivity index (χ1n) is 30.4. The van der Waals surface area contributed by atoms with Crippen LogP contribution in [0.1, 0.15) is 136 Å². The molecule has 88 heavy (non-hydrogen) atoms. The zero-order valence-electron chi connectivity index (χ0n) is 51.8. The van der Waals surface area contributed by atoms with Gasteiger partial charge in [-0.05, 0) is 99.9 Å². The summed E-state index contributed by atoms with van der Waals surface area (Å²) in [5.41, 5.74) is 8.07. The molecule has 2 N–H and O–H groups in total. The summed E-state index contributed by atoms with van der Waals surface area (Å²) in [4.78, 5) is 27.1. The number of carbonyl (C=O) groups excluding carboxylic acids is 2. The van der Waals surface area contributed by atoms with Crippen molar-refractivity contribution >= 4 is 27.1 Å². The molecule has 10 rings (SSSR count). The standard InChI is InChI=1S/2C37H42N3O3P/c2*1-27(2)39-35(32-22-14-8-15-23-32)36(33-24-16-9-17-25-33)40(28(3)4)44(39,42)38-34(31-20-12-7-13-21-31)29(5)37(41)43-26-30-18-10-6-11-19-30/h2*6-25,27-28,34-36H,5,26H2,1-4H3,(H,38,42)/t2*34-,35-,36-/m11/s1. The van der Waals surface area contributed by atoms with Gasteiger partial charge in [-0.2, -0.15) is 0 Å². The van der Waals surface area contributed by atoms with Gasteiger partial charge in [-0.1, -0.05) is 256 Å². The highest BCUT2D eigenvalue weighted by Crippen LogP contribution is 2.71. The van der Waals surface area contributed by atoms with Gasteiger partial charge in [-0.15, -0.1) is 0 Å². The Labute approximate surface area is 522 Å². The molecule has 2 aliphatic heterocycles. The maximum atomic E-state index is 16.0. The van der Waals surface area contributed by atoms with E-state index < -0.39 is 39.2 Å². The molecular formula is C74H84N6O6P2.